The van der Waals surface area contributed by atoms with E-state index in [4.69, 9.17) is 5.11 Å². The summed E-state index contributed by atoms with van der Waals surface area (Å²) in [5, 5.41) is 95.2. The molecule has 0 aliphatic carbocycles. The number of rotatable bonds is 21. The predicted octanol–water partition coefficient (Wildman–Crippen LogP) is 11.7. The second kappa shape index (κ2) is 26.1. The van der Waals surface area contributed by atoms with Gasteiger partial charge in [0.15, 0.2) is 23.0 Å². The summed E-state index contributed by atoms with van der Waals surface area (Å²) in [4.78, 5) is 1.48. The van der Waals surface area contributed by atoms with Crippen molar-refractivity contribution < 1.29 is 46.0 Å². The number of phenolic OH excluding ortho intramolecular Hbond substituents is 5. The predicted molar refractivity (Wildman–Crippen MR) is 265 cm³/mol. The zero-order valence-electron chi connectivity index (χ0n) is 37.8. The fourth-order valence-corrected chi connectivity index (χ4v) is 6.29. The van der Waals surface area contributed by atoms with Crippen LogP contribution in [0.1, 0.15) is 64.7 Å². The molecule has 342 valence electrons. The first-order valence-corrected chi connectivity index (χ1v) is 21.0. The molecule has 1 unspecified atom stereocenters. The monoisotopic (exact) mass is 882 g/mol. The van der Waals surface area contributed by atoms with Crippen molar-refractivity contribution in [1.29, 1.82) is 0 Å². The molecule has 0 bridgehead atoms. The van der Waals surface area contributed by atoms with Crippen molar-refractivity contribution >= 4 is 23.0 Å². The summed E-state index contributed by atoms with van der Waals surface area (Å²) in [6, 6.07) is 15.6. The van der Waals surface area contributed by atoms with Gasteiger partial charge in [-0.1, -0.05) is 134 Å². The molecule has 0 amide bonds. The average molecular weight is 883 g/mol. The number of benzene rings is 3. The molecule has 3 rings (SSSR count). The molecule has 0 radical (unpaired) electrons. The third-order valence-corrected chi connectivity index (χ3v) is 9.70. The van der Waals surface area contributed by atoms with Crippen molar-refractivity contribution in [2.75, 3.05) is 11.5 Å². The number of phenols is 5. The van der Waals surface area contributed by atoms with E-state index in [1.807, 2.05) is 114 Å². The molecule has 0 aliphatic rings. The van der Waals surface area contributed by atoms with E-state index in [9.17, 15) is 40.9 Å². The van der Waals surface area contributed by atoms with Crippen LogP contribution in [0.15, 0.2) is 192 Å². The molecular formula is C54H62N2O9. The number of nitrogens with one attached hydrogen (secondary N) is 1. The van der Waals surface area contributed by atoms with Gasteiger partial charge in [0, 0.05) is 18.0 Å². The second-order valence-electron chi connectivity index (χ2n) is 14.7. The summed E-state index contributed by atoms with van der Waals surface area (Å²) >= 11 is 0. The average Bonchev–Trinajstić information content (AvgIpc) is 3.29. The van der Waals surface area contributed by atoms with Crippen molar-refractivity contribution in [2.45, 2.75) is 60.6 Å². The van der Waals surface area contributed by atoms with Gasteiger partial charge in [-0.05, 0) is 111 Å². The number of aliphatic hydroxyl groups is 4. The van der Waals surface area contributed by atoms with Crippen LogP contribution in [0.2, 0.25) is 0 Å². The second-order valence-corrected chi connectivity index (χ2v) is 14.7. The van der Waals surface area contributed by atoms with E-state index in [1.165, 1.54) is 4.90 Å². The highest BCUT2D eigenvalue weighted by atomic mass is 16.4. The van der Waals surface area contributed by atoms with Gasteiger partial charge in [0.1, 0.15) is 11.9 Å². The van der Waals surface area contributed by atoms with Gasteiger partial charge in [0.2, 0.25) is 17.2 Å². The Bertz CT molecular complexity index is 2460. The minimum Gasteiger partial charge on any atom is -0.504 e. The molecular weight excluding hydrogens is 821 g/mol. The van der Waals surface area contributed by atoms with Crippen LogP contribution in [-0.2, 0) is 6.42 Å². The van der Waals surface area contributed by atoms with Gasteiger partial charge in [-0.25, -0.2) is 0 Å². The number of anilines is 2. The zero-order chi connectivity index (χ0) is 48.1. The van der Waals surface area contributed by atoms with Crippen molar-refractivity contribution in [3.05, 3.63) is 209 Å². The van der Waals surface area contributed by atoms with Crippen molar-refractivity contribution in [3.63, 3.8) is 0 Å². The maximum Gasteiger partial charge on any atom is 0.208 e. The molecule has 0 fully saturated rings. The molecule has 11 nitrogen and oxygen atoms in total. The lowest BCUT2D eigenvalue weighted by Crippen LogP contribution is -2.22. The van der Waals surface area contributed by atoms with Crippen LogP contribution in [0, 0.1) is 0 Å². The molecule has 3 aromatic carbocycles. The number of allylic oxidation sites excluding steroid dienone is 17. The third kappa shape index (κ3) is 14.7. The summed E-state index contributed by atoms with van der Waals surface area (Å²) < 4.78 is 0. The quantitative estimate of drug-likeness (QED) is 0.0161. The molecule has 11 heteroatoms. The smallest absolute Gasteiger partial charge is 0.208 e. The van der Waals surface area contributed by atoms with Crippen LogP contribution in [-0.4, -0.2) is 58.8 Å². The molecule has 1 atom stereocenters. The van der Waals surface area contributed by atoms with Crippen molar-refractivity contribution in [3.8, 4) is 28.7 Å². The topological polar surface area (TPSA) is 197 Å². The molecule has 0 heterocycles. The Morgan fingerprint density at radius 1 is 0.754 bits per heavy atom. The molecule has 0 saturated heterocycles. The standard InChI is InChI=1S/C54H62N2O9/c1-8-12-14-20-40(37(7)35-55-48(60)34-47(59)46(58)32-33-57)21-15-18-38-22-24-39(25-23-38)26-27-41(19-13-9-2)42-28-30-43(31-29-42)56(45(17-11-4)44(16-10-3)36(5)6)49-50(61)52(63)54(65)53(64)51(49)62/h8,10-25,27-32,34-35,48,55,57-65H,4,9,26,33H2,1-3,5-7H3/b12-8-,16-10-,18-15-,19-13-,20-14-,37-35+,40-21-,41-27+,45-17+,46-32+,47-34+. The van der Waals surface area contributed by atoms with Gasteiger partial charge >= 0.3 is 0 Å². The summed E-state index contributed by atoms with van der Waals surface area (Å²) in [5.74, 6) is -5.83. The Balaban J connectivity index is 1.97. The van der Waals surface area contributed by atoms with Gasteiger partial charge in [0.25, 0.3) is 0 Å². The molecule has 10 N–H and O–H groups in total. The molecule has 0 spiro atoms. The Kier molecular flexibility index (Phi) is 20.8. The Labute approximate surface area is 382 Å². The van der Waals surface area contributed by atoms with E-state index in [-0.39, 0.29) is 5.69 Å². The van der Waals surface area contributed by atoms with Crippen LogP contribution in [0.5, 0.6) is 28.7 Å². The SMILES string of the molecule is C=C/C=C(\C(/C=C\C)=C(C)C)N(c1ccc(C(/C=C\CC)=C/Cc2ccc(\C=C/C=C(/C=C\C=C/C)C(\C)=C\NC(O)/C=C(O)\C(O)=C/CO)cc2)cc1)c1c(O)c(O)c(O)c(O)c1O. The summed E-state index contributed by atoms with van der Waals surface area (Å²) in [6.07, 6.45) is 30.4. The minimum atomic E-state index is -1.30. The van der Waals surface area contributed by atoms with Gasteiger partial charge in [0.05, 0.1) is 12.3 Å². The number of nitrogens with zero attached hydrogens (tertiary/aromatic N) is 1. The van der Waals surface area contributed by atoms with Gasteiger partial charge in [-0.15, -0.1) is 0 Å². The van der Waals surface area contributed by atoms with Crippen LogP contribution in [0.4, 0.5) is 11.4 Å². The lowest BCUT2D eigenvalue weighted by atomic mass is 9.99. The van der Waals surface area contributed by atoms with E-state index in [0.717, 1.165) is 57.6 Å². The summed E-state index contributed by atoms with van der Waals surface area (Å²) in [5.41, 5.74) is 7.70. The highest BCUT2D eigenvalue weighted by Crippen LogP contribution is 2.57. The highest BCUT2D eigenvalue weighted by molar-refractivity contribution is 5.88. The van der Waals surface area contributed by atoms with Gasteiger partial charge < -0.3 is 56.2 Å². The Morgan fingerprint density at radius 2 is 1.40 bits per heavy atom. The lowest BCUT2D eigenvalue weighted by Gasteiger charge is -2.31. The zero-order valence-corrected chi connectivity index (χ0v) is 37.8. The number of hydrogen-bond donors (Lipinski definition) is 10. The van der Waals surface area contributed by atoms with E-state index in [0.29, 0.717) is 23.4 Å². The number of hydrogen-bond acceptors (Lipinski definition) is 11. The van der Waals surface area contributed by atoms with E-state index >= 15 is 0 Å². The maximum atomic E-state index is 11.1. The fourth-order valence-electron chi connectivity index (χ4n) is 6.29. The number of aromatic hydroxyl groups is 5. The summed E-state index contributed by atoms with van der Waals surface area (Å²) in [7, 11) is 0. The van der Waals surface area contributed by atoms with E-state index < -0.39 is 53.1 Å². The molecule has 3 aromatic rings. The first kappa shape index (κ1) is 51.7. The molecule has 65 heavy (non-hydrogen) atoms. The molecule has 0 aromatic heterocycles. The van der Waals surface area contributed by atoms with Crippen LogP contribution in [0.3, 0.4) is 0 Å². The molecule has 0 aliphatic heterocycles. The Hall–Kier alpha value is -7.60. The number of aliphatic hydroxyl groups excluding tert-OH is 4. The van der Waals surface area contributed by atoms with Crippen molar-refractivity contribution in [1.82, 2.24) is 5.32 Å². The van der Waals surface area contributed by atoms with Crippen LogP contribution < -0.4 is 10.2 Å². The van der Waals surface area contributed by atoms with Gasteiger partial charge in [-0.2, -0.15) is 0 Å². The fraction of sp³-hybridized carbons (Fsp3) is 0.185. The minimum absolute atomic E-state index is 0.348. The normalized spacial score (nSPS) is 14.1. The molecule has 0 saturated carbocycles. The maximum absolute atomic E-state index is 11.1. The first-order chi connectivity index (χ1) is 31.1. The van der Waals surface area contributed by atoms with Crippen molar-refractivity contribution in [2.24, 2.45) is 0 Å². The Morgan fingerprint density at radius 3 is 1.97 bits per heavy atom. The summed E-state index contributed by atoms with van der Waals surface area (Å²) in [6.45, 7) is 14.9. The van der Waals surface area contributed by atoms with Crippen LogP contribution >= 0.6 is 0 Å². The van der Waals surface area contributed by atoms with Gasteiger partial charge in [-0.3, -0.25) is 0 Å². The first-order valence-electron chi connectivity index (χ1n) is 21.0. The van der Waals surface area contributed by atoms with E-state index in [2.05, 4.69) is 49.2 Å². The van der Waals surface area contributed by atoms with E-state index in [1.54, 1.807) is 30.5 Å². The third-order valence-electron chi connectivity index (χ3n) is 9.70. The lowest BCUT2D eigenvalue weighted by molar-refractivity contribution is 0.194. The largest absolute Gasteiger partial charge is 0.504 e. The van der Waals surface area contributed by atoms with Crippen LogP contribution in [0.25, 0.3) is 11.6 Å². The highest BCUT2D eigenvalue weighted by Gasteiger charge is 2.30.